The number of ether oxygens (including phenoxy) is 3. The highest BCUT2D eigenvalue weighted by Crippen LogP contribution is 2.45. The molecule has 0 saturated carbocycles. The average molecular weight is 479 g/mol. The number of anilines is 2. The fourth-order valence-electron chi connectivity index (χ4n) is 3.49. The first-order chi connectivity index (χ1) is 15.2. The van der Waals surface area contributed by atoms with Gasteiger partial charge in [0, 0.05) is 16.7 Å². The van der Waals surface area contributed by atoms with E-state index in [4.69, 9.17) is 25.8 Å². The Kier molecular flexibility index (Phi) is 6.71. The molecule has 0 bridgehead atoms. The van der Waals surface area contributed by atoms with Gasteiger partial charge in [-0.1, -0.05) is 17.7 Å². The highest BCUT2D eigenvalue weighted by molar-refractivity contribution is 7.97. The Bertz CT molecular complexity index is 1220. The zero-order valence-corrected chi connectivity index (χ0v) is 19.6. The predicted molar refractivity (Wildman–Crippen MR) is 125 cm³/mol. The Balaban J connectivity index is 2.21. The summed E-state index contributed by atoms with van der Waals surface area (Å²) in [5.41, 5.74) is 1.38. The summed E-state index contributed by atoms with van der Waals surface area (Å²) < 4.78 is 44.1. The molecule has 8 nitrogen and oxygen atoms in total. The average Bonchev–Trinajstić information content (AvgIpc) is 2.75. The maximum Gasteiger partial charge on any atom is 0.270 e. The molecule has 0 spiro atoms. The molecule has 0 aromatic heterocycles. The van der Waals surface area contributed by atoms with E-state index >= 15 is 0 Å². The molecule has 32 heavy (non-hydrogen) atoms. The third kappa shape index (κ3) is 4.01. The van der Waals surface area contributed by atoms with Gasteiger partial charge in [-0.25, -0.2) is 8.42 Å². The second-order valence-electron chi connectivity index (χ2n) is 6.80. The quantitative estimate of drug-likeness (QED) is 0.603. The van der Waals surface area contributed by atoms with Crippen LogP contribution in [0.4, 0.5) is 11.4 Å². The molecule has 0 radical (unpaired) electrons. The number of halogens is 1. The van der Waals surface area contributed by atoms with Crippen molar-refractivity contribution >= 4 is 44.5 Å². The first kappa shape index (κ1) is 23.5. The summed E-state index contributed by atoms with van der Waals surface area (Å²) in [5.74, 6) is 0.279. The van der Waals surface area contributed by atoms with E-state index in [1.54, 1.807) is 31.2 Å². The van der Waals surface area contributed by atoms with Gasteiger partial charge in [0.1, 0.15) is 5.75 Å². The molecule has 1 amide bonds. The van der Waals surface area contributed by atoms with Crippen molar-refractivity contribution in [2.45, 2.75) is 6.92 Å². The lowest BCUT2D eigenvalue weighted by atomic mass is 10.0. The van der Waals surface area contributed by atoms with E-state index in [1.165, 1.54) is 33.5 Å². The molecule has 0 aliphatic carbocycles. The van der Waals surface area contributed by atoms with Crippen molar-refractivity contribution in [2.75, 3.05) is 37.5 Å². The molecule has 10 heteroatoms. The predicted octanol–water partition coefficient (Wildman–Crippen LogP) is 4.07. The molecule has 2 aromatic carbocycles. The summed E-state index contributed by atoms with van der Waals surface area (Å²) in [6.07, 6.45) is 1.44. The van der Waals surface area contributed by atoms with Crippen molar-refractivity contribution in [3.8, 4) is 17.2 Å². The maximum atomic E-state index is 13.5. The second kappa shape index (κ2) is 9.13. The van der Waals surface area contributed by atoms with Crippen molar-refractivity contribution in [2.24, 2.45) is 0 Å². The van der Waals surface area contributed by atoms with Crippen molar-refractivity contribution in [1.82, 2.24) is 0 Å². The number of hydrogen-bond donors (Lipinski definition) is 1. The number of nitrogens with zero attached hydrogens (tertiary/aromatic N) is 1. The molecule has 3 rings (SSSR count). The molecule has 0 fully saturated rings. The van der Waals surface area contributed by atoms with Gasteiger partial charge in [0.05, 0.1) is 39.2 Å². The van der Waals surface area contributed by atoms with Crippen LogP contribution in [0.1, 0.15) is 12.5 Å². The normalized spacial score (nSPS) is 14.5. The standard InChI is InChI=1S/C22H23ClN2O6S/c1-6-9-25-17-12-20(31-5)19(30-4)11-15(17)13(2)21(32(25,27)28)22(26)24-16-10-14(23)7-8-18(16)29-3/h6-8,10-12H,1,9H2,2-5H3,(H,24,26). The lowest BCUT2D eigenvalue weighted by Gasteiger charge is -2.32. The number of rotatable bonds is 7. The molecule has 1 aliphatic rings. The van der Waals surface area contributed by atoms with Crippen LogP contribution in [0.25, 0.3) is 5.57 Å². The van der Waals surface area contributed by atoms with E-state index in [0.29, 0.717) is 33.5 Å². The summed E-state index contributed by atoms with van der Waals surface area (Å²) in [5, 5.41) is 2.96. The number of carbonyl (C=O) groups is 1. The van der Waals surface area contributed by atoms with Crippen LogP contribution >= 0.6 is 11.6 Å². The number of fused-ring (bicyclic) bond motifs is 1. The Morgan fingerprint density at radius 2 is 1.72 bits per heavy atom. The van der Waals surface area contributed by atoms with Gasteiger partial charge >= 0.3 is 0 Å². The Morgan fingerprint density at radius 1 is 1.09 bits per heavy atom. The van der Waals surface area contributed by atoms with Gasteiger partial charge in [0.2, 0.25) is 0 Å². The molecule has 0 atom stereocenters. The van der Waals surface area contributed by atoms with Crippen LogP contribution in [-0.4, -0.2) is 42.2 Å². The van der Waals surface area contributed by atoms with Gasteiger partial charge in [-0.15, -0.1) is 6.58 Å². The van der Waals surface area contributed by atoms with Crippen LogP contribution in [0.3, 0.4) is 0 Å². The number of carbonyl (C=O) groups excluding carboxylic acids is 1. The van der Waals surface area contributed by atoms with Crippen LogP contribution in [0.2, 0.25) is 5.02 Å². The summed E-state index contributed by atoms with van der Waals surface area (Å²) in [6.45, 7) is 5.17. The molecule has 170 valence electrons. The van der Waals surface area contributed by atoms with Gasteiger partial charge < -0.3 is 19.5 Å². The molecular weight excluding hydrogens is 456 g/mol. The Labute approximate surface area is 192 Å². The van der Waals surface area contributed by atoms with Gasteiger partial charge in [-0.3, -0.25) is 9.10 Å². The lowest BCUT2D eigenvalue weighted by Crippen LogP contribution is -2.39. The number of hydrogen-bond acceptors (Lipinski definition) is 6. The first-order valence-electron chi connectivity index (χ1n) is 9.45. The zero-order valence-electron chi connectivity index (χ0n) is 18.1. The zero-order chi connectivity index (χ0) is 23.6. The van der Waals surface area contributed by atoms with E-state index in [0.717, 1.165) is 4.31 Å². The van der Waals surface area contributed by atoms with Crippen LogP contribution in [0.5, 0.6) is 17.2 Å². The SMILES string of the molecule is C=CCN1c2cc(OC)c(OC)cc2C(C)=C(C(=O)Nc2cc(Cl)ccc2OC)S1(=O)=O. The molecule has 1 heterocycles. The van der Waals surface area contributed by atoms with E-state index in [9.17, 15) is 13.2 Å². The molecule has 0 unspecified atom stereocenters. The largest absolute Gasteiger partial charge is 0.495 e. The summed E-state index contributed by atoms with van der Waals surface area (Å²) in [6, 6.07) is 7.85. The Hall–Kier alpha value is -3.17. The molecule has 1 aliphatic heterocycles. The monoisotopic (exact) mass is 478 g/mol. The minimum atomic E-state index is -4.22. The van der Waals surface area contributed by atoms with Gasteiger partial charge in [0.25, 0.3) is 15.9 Å². The number of sulfonamides is 1. The van der Waals surface area contributed by atoms with Crippen LogP contribution in [0.15, 0.2) is 47.9 Å². The fourth-order valence-corrected chi connectivity index (χ4v) is 5.37. The van der Waals surface area contributed by atoms with E-state index in [2.05, 4.69) is 11.9 Å². The van der Waals surface area contributed by atoms with E-state index < -0.39 is 20.8 Å². The minimum absolute atomic E-state index is 0.0463. The fraction of sp³-hybridized carbons (Fsp3) is 0.227. The third-order valence-electron chi connectivity index (χ3n) is 4.97. The van der Waals surface area contributed by atoms with Crippen LogP contribution in [0, 0.1) is 0 Å². The highest BCUT2D eigenvalue weighted by atomic mass is 35.5. The minimum Gasteiger partial charge on any atom is -0.495 e. The van der Waals surface area contributed by atoms with Crippen molar-refractivity contribution in [3.05, 3.63) is 58.5 Å². The van der Waals surface area contributed by atoms with Gasteiger partial charge in [-0.2, -0.15) is 0 Å². The van der Waals surface area contributed by atoms with Crippen LogP contribution < -0.4 is 23.8 Å². The molecule has 2 aromatic rings. The van der Waals surface area contributed by atoms with Gasteiger partial charge in [-0.05, 0) is 36.8 Å². The first-order valence-corrected chi connectivity index (χ1v) is 11.3. The molecule has 1 N–H and O–H groups in total. The van der Waals surface area contributed by atoms with Gasteiger partial charge in [0.15, 0.2) is 16.4 Å². The number of nitrogens with one attached hydrogen (secondary N) is 1. The number of benzene rings is 2. The summed E-state index contributed by atoms with van der Waals surface area (Å²) >= 11 is 6.04. The second-order valence-corrected chi connectivity index (χ2v) is 9.04. The lowest BCUT2D eigenvalue weighted by molar-refractivity contribution is -0.112. The number of allylic oxidation sites excluding steroid dienone is 1. The topological polar surface area (TPSA) is 94.2 Å². The Morgan fingerprint density at radius 3 is 2.31 bits per heavy atom. The smallest absolute Gasteiger partial charge is 0.270 e. The highest BCUT2D eigenvalue weighted by Gasteiger charge is 2.40. The molecular formula is C22H23ClN2O6S. The molecule has 0 saturated heterocycles. The maximum absolute atomic E-state index is 13.5. The van der Waals surface area contributed by atoms with E-state index in [1.807, 2.05) is 0 Å². The summed E-state index contributed by atoms with van der Waals surface area (Å²) in [7, 11) is 0.143. The van der Waals surface area contributed by atoms with Crippen LogP contribution in [-0.2, 0) is 14.8 Å². The summed E-state index contributed by atoms with van der Waals surface area (Å²) in [4.78, 5) is 12.9. The van der Waals surface area contributed by atoms with Crippen molar-refractivity contribution < 1.29 is 27.4 Å². The van der Waals surface area contributed by atoms with Crippen molar-refractivity contribution in [1.29, 1.82) is 0 Å². The number of methoxy groups -OCH3 is 3. The third-order valence-corrected chi connectivity index (χ3v) is 7.14. The van der Waals surface area contributed by atoms with E-state index in [-0.39, 0.29) is 17.8 Å². The number of amides is 1. The van der Waals surface area contributed by atoms with Crippen molar-refractivity contribution in [3.63, 3.8) is 0 Å².